The molecule has 29 heavy (non-hydrogen) atoms. The SMILES string of the molecule is C=O.CCCCCCCCOc1ccc(CNCCCO)c2ccccc12.CO. The minimum Gasteiger partial charge on any atom is -0.493 e. The van der Waals surface area contributed by atoms with Crippen LogP contribution in [0.3, 0.4) is 0 Å². The van der Waals surface area contributed by atoms with Crippen molar-refractivity contribution >= 4 is 17.6 Å². The van der Waals surface area contributed by atoms with E-state index in [1.54, 1.807) is 0 Å². The number of carbonyl (C=O) groups excluding carboxylic acids is 1. The first-order valence-corrected chi connectivity index (χ1v) is 10.6. The van der Waals surface area contributed by atoms with Crippen LogP contribution in [0.25, 0.3) is 10.8 Å². The van der Waals surface area contributed by atoms with Crippen LogP contribution in [-0.2, 0) is 11.3 Å². The number of unbranched alkanes of at least 4 members (excludes halogenated alkanes) is 5. The zero-order chi connectivity index (χ0) is 21.7. The Morgan fingerprint density at radius 3 is 2.24 bits per heavy atom. The van der Waals surface area contributed by atoms with Crippen LogP contribution in [0.2, 0.25) is 0 Å². The van der Waals surface area contributed by atoms with E-state index in [0.717, 1.165) is 45.4 Å². The molecule has 0 aliphatic carbocycles. The third-order valence-corrected chi connectivity index (χ3v) is 4.56. The van der Waals surface area contributed by atoms with E-state index >= 15 is 0 Å². The van der Waals surface area contributed by atoms with Crippen molar-refractivity contribution < 1.29 is 19.7 Å². The number of hydrogen-bond donors (Lipinski definition) is 3. The van der Waals surface area contributed by atoms with Crippen LogP contribution in [0.15, 0.2) is 36.4 Å². The van der Waals surface area contributed by atoms with Crippen molar-refractivity contribution in [3.63, 3.8) is 0 Å². The molecule has 2 rings (SSSR count). The maximum Gasteiger partial charge on any atom is 0.127 e. The molecule has 0 atom stereocenters. The lowest BCUT2D eigenvalue weighted by molar-refractivity contribution is -0.0979. The molecule has 2 aromatic rings. The van der Waals surface area contributed by atoms with Gasteiger partial charge in [0.15, 0.2) is 0 Å². The smallest absolute Gasteiger partial charge is 0.127 e. The average molecular weight is 406 g/mol. The first-order chi connectivity index (χ1) is 14.4. The number of fused-ring (bicyclic) bond motifs is 1. The number of nitrogens with one attached hydrogen (secondary N) is 1. The summed E-state index contributed by atoms with van der Waals surface area (Å²) in [7, 11) is 1.00. The molecular weight excluding hydrogens is 366 g/mol. The van der Waals surface area contributed by atoms with Gasteiger partial charge in [-0.05, 0) is 36.4 Å². The average Bonchev–Trinajstić information content (AvgIpc) is 2.79. The summed E-state index contributed by atoms with van der Waals surface area (Å²) in [5.41, 5.74) is 1.28. The van der Waals surface area contributed by atoms with Gasteiger partial charge >= 0.3 is 0 Å². The van der Waals surface area contributed by atoms with Gasteiger partial charge in [0, 0.05) is 25.6 Å². The van der Waals surface area contributed by atoms with E-state index in [1.165, 1.54) is 48.4 Å². The molecule has 5 heteroatoms. The summed E-state index contributed by atoms with van der Waals surface area (Å²) in [5.74, 6) is 0.989. The standard InChI is InChI=1S/C22H33NO2.CH4O.CH2O/c1-2-3-4-5-6-9-17-25-22-14-13-19(18-23-15-10-16-24)20-11-7-8-12-21(20)22;2*1-2/h7-8,11-14,23-24H,2-6,9-10,15-18H2,1H3;2H,1H3;1H2. The van der Waals surface area contributed by atoms with E-state index in [-0.39, 0.29) is 6.61 Å². The minimum atomic E-state index is 0.235. The third kappa shape index (κ3) is 11.0. The minimum absolute atomic E-state index is 0.235. The summed E-state index contributed by atoms with van der Waals surface area (Å²) in [6, 6.07) is 12.7. The Morgan fingerprint density at radius 2 is 1.55 bits per heavy atom. The number of rotatable bonds is 13. The number of benzene rings is 2. The molecule has 0 aliphatic rings. The van der Waals surface area contributed by atoms with Crippen molar-refractivity contribution in [2.45, 2.75) is 58.4 Å². The molecule has 0 aromatic heterocycles. The summed E-state index contributed by atoms with van der Waals surface area (Å²) in [6.45, 7) is 6.93. The van der Waals surface area contributed by atoms with Crippen LogP contribution >= 0.6 is 0 Å². The van der Waals surface area contributed by atoms with Crippen LogP contribution < -0.4 is 10.1 Å². The Kier molecular flexibility index (Phi) is 18.1. The molecule has 0 aliphatic heterocycles. The lowest BCUT2D eigenvalue weighted by Crippen LogP contribution is -2.15. The van der Waals surface area contributed by atoms with Crippen molar-refractivity contribution in [1.82, 2.24) is 5.32 Å². The van der Waals surface area contributed by atoms with Crippen molar-refractivity contribution in [3.05, 3.63) is 42.0 Å². The molecule has 0 fully saturated rings. The lowest BCUT2D eigenvalue weighted by atomic mass is 10.0. The summed E-state index contributed by atoms with van der Waals surface area (Å²) in [4.78, 5) is 8.00. The highest BCUT2D eigenvalue weighted by molar-refractivity contribution is 5.91. The molecule has 164 valence electrons. The van der Waals surface area contributed by atoms with Gasteiger partial charge in [0.2, 0.25) is 0 Å². The largest absolute Gasteiger partial charge is 0.493 e. The number of aliphatic hydroxyl groups excluding tert-OH is 2. The fourth-order valence-electron chi connectivity index (χ4n) is 3.11. The van der Waals surface area contributed by atoms with Gasteiger partial charge in [-0.1, -0.05) is 69.4 Å². The predicted molar refractivity (Wildman–Crippen MR) is 121 cm³/mol. The van der Waals surface area contributed by atoms with Gasteiger partial charge in [-0.25, -0.2) is 0 Å². The molecule has 0 amide bonds. The fraction of sp³-hybridized carbons (Fsp3) is 0.542. The van der Waals surface area contributed by atoms with Gasteiger partial charge < -0.3 is 25.1 Å². The summed E-state index contributed by atoms with van der Waals surface area (Å²) in [6.07, 6.45) is 8.47. The monoisotopic (exact) mass is 405 g/mol. The highest BCUT2D eigenvalue weighted by Crippen LogP contribution is 2.28. The second kappa shape index (κ2) is 19.4. The second-order valence-corrected chi connectivity index (χ2v) is 6.64. The Hall–Kier alpha value is -1.95. The molecule has 0 saturated heterocycles. The van der Waals surface area contributed by atoms with Gasteiger partial charge in [0.05, 0.1) is 6.61 Å². The molecule has 5 nitrogen and oxygen atoms in total. The Morgan fingerprint density at radius 1 is 0.897 bits per heavy atom. The van der Waals surface area contributed by atoms with Crippen LogP contribution in [-0.4, -0.2) is 43.9 Å². The molecule has 3 N–H and O–H groups in total. The molecule has 0 bridgehead atoms. The van der Waals surface area contributed by atoms with E-state index < -0.39 is 0 Å². The van der Waals surface area contributed by atoms with Crippen LogP contribution in [0.4, 0.5) is 0 Å². The highest BCUT2D eigenvalue weighted by Gasteiger charge is 2.06. The fourth-order valence-corrected chi connectivity index (χ4v) is 3.11. The first-order valence-electron chi connectivity index (χ1n) is 10.6. The van der Waals surface area contributed by atoms with Crippen molar-refractivity contribution in [1.29, 1.82) is 0 Å². The van der Waals surface area contributed by atoms with Gasteiger partial charge in [-0.15, -0.1) is 0 Å². The predicted octanol–water partition coefficient (Wildman–Crippen LogP) is 4.47. The van der Waals surface area contributed by atoms with Crippen LogP contribution in [0.1, 0.15) is 57.4 Å². The summed E-state index contributed by atoms with van der Waals surface area (Å²) < 4.78 is 6.07. The maximum absolute atomic E-state index is 8.88. The van der Waals surface area contributed by atoms with Crippen molar-refractivity contribution in [2.75, 3.05) is 26.9 Å². The van der Waals surface area contributed by atoms with E-state index in [9.17, 15) is 0 Å². The van der Waals surface area contributed by atoms with E-state index in [1.807, 2.05) is 6.79 Å². The van der Waals surface area contributed by atoms with Crippen molar-refractivity contribution in [3.8, 4) is 5.75 Å². The zero-order valence-electron chi connectivity index (χ0n) is 18.2. The highest BCUT2D eigenvalue weighted by atomic mass is 16.5. The number of ether oxygens (including phenoxy) is 1. The second-order valence-electron chi connectivity index (χ2n) is 6.64. The number of aliphatic hydroxyl groups is 2. The molecule has 0 radical (unpaired) electrons. The summed E-state index contributed by atoms with van der Waals surface area (Å²) >= 11 is 0. The molecular formula is C24H39NO4. The molecule has 0 heterocycles. The first kappa shape index (κ1) is 27.0. The molecule has 0 saturated carbocycles. The van der Waals surface area contributed by atoms with E-state index in [0.29, 0.717) is 0 Å². The van der Waals surface area contributed by atoms with Crippen molar-refractivity contribution in [2.24, 2.45) is 0 Å². The van der Waals surface area contributed by atoms with Crippen LogP contribution in [0, 0.1) is 0 Å². The number of hydrogen-bond acceptors (Lipinski definition) is 5. The topological polar surface area (TPSA) is 78.8 Å². The summed E-state index contributed by atoms with van der Waals surface area (Å²) in [5, 5.41) is 21.7. The Bertz CT molecular complexity index is 633. The zero-order valence-corrected chi connectivity index (χ0v) is 18.2. The van der Waals surface area contributed by atoms with E-state index in [2.05, 4.69) is 48.6 Å². The molecule has 0 spiro atoms. The lowest BCUT2D eigenvalue weighted by Gasteiger charge is -2.13. The number of carbonyl (C=O) groups is 1. The van der Waals surface area contributed by atoms with Gasteiger partial charge in [0.1, 0.15) is 12.5 Å². The maximum atomic E-state index is 8.88. The van der Waals surface area contributed by atoms with Gasteiger partial charge in [-0.2, -0.15) is 0 Å². The Balaban J connectivity index is 0.00000184. The van der Waals surface area contributed by atoms with Gasteiger partial charge in [-0.3, -0.25) is 0 Å². The molecule has 2 aromatic carbocycles. The Labute approximate surface area is 176 Å². The normalized spacial score (nSPS) is 9.93. The van der Waals surface area contributed by atoms with Crippen LogP contribution in [0.5, 0.6) is 5.75 Å². The quantitative estimate of drug-likeness (QED) is 0.428. The molecule has 0 unspecified atom stereocenters. The van der Waals surface area contributed by atoms with Gasteiger partial charge in [0.25, 0.3) is 0 Å². The third-order valence-electron chi connectivity index (χ3n) is 4.56. The van der Waals surface area contributed by atoms with E-state index in [4.69, 9.17) is 19.7 Å².